The van der Waals surface area contributed by atoms with Crippen molar-refractivity contribution in [2.24, 2.45) is 0 Å². The molecule has 5 nitrogen and oxygen atoms in total. The number of aryl methyl sites for hydroxylation is 1. The lowest BCUT2D eigenvalue weighted by Crippen LogP contribution is -2.13. The van der Waals surface area contributed by atoms with E-state index in [-0.39, 0.29) is 0 Å². The summed E-state index contributed by atoms with van der Waals surface area (Å²) < 4.78 is 10.7. The van der Waals surface area contributed by atoms with E-state index in [1.165, 1.54) is 7.11 Å². The molecule has 3 rings (SSSR count). The van der Waals surface area contributed by atoms with Gasteiger partial charge in [-0.25, -0.2) is 0 Å². The van der Waals surface area contributed by atoms with E-state index in [4.69, 9.17) is 9.47 Å². The third-order valence-electron chi connectivity index (χ3n) is 3.41. The number of aliphatic hydroxyl groups is 1. The van der Waals surface area contributed by atoms with Crippen LogP contribution in [0.2, 0.25) is 0 Å². The second-order valence-electron chi connectivity index (χ2n) is 4.69. The van der Waals surface area contributed by atoms with Crippen LogP contribution in [-0.4, -0.2) is 29.0 Å². The number of rotatable bonds is 3. The maximum absolute atomic E-state index is 10.5. The lowest BCUT2D eigenvalue weighted by atomic mass is 9.98. The first-order valence-corrected chi connectivity index (χ1v) is 6.60. The van der Waals surface area contributed by atoms with Crippen LogP contribution in [-0.2, 0) is 6.42 Å². The van der Waals surface area contributed by atoms with Gasteiger partial charge in [0.05, 0.1) is 19.4 Å². The van der Waals surface area contributed by atoms with Crippen LogP contribution >= 0.6 is 0 Å². The van der Waals surface area contributed by atoms with E-state index in [0.29, 0.717) is 18.2 Å². The number of ether oxygens (including phenoxy) is 2. The van der Waals surface area contributed by atoms with Gasteiger partial charge in [-0.05, 0) is 24.5 Å². The number of aliphatic hydroxyl groups excluding tert-OH is 1. The Morgan fingerprint density at radius 3 is 2.90 bits per heavy atom. The van der Waals surface area contributed by atoms with Crippen molar-refractivity contribution in [2.45, 2.75) is 18.9 Å². The zero-order valence-corrected chi connectivity index (χ0v) is 11.2. The Hall–Kier alpha value is -2.14. The Kier molecular flexibility index (Phi) is 3.52. The summed E-state index contributed by atoms with van der Waals surface area (Å²) in [6.45, 7) is 0.686. The molecule has 1 atom stereocenters. The summed E-state index contributed by atoms with van der Waals surface area (Å²) in [5.41, 5.74) is 2.35. The van der Waals surface area contributed by atoms with Crippen LogP contribution in [0.3, 0.4) is 0 Å². The Bertz CT molecular complexity index is 599. The average Bonchev–Trinajstić information content (AvgIpc) is 2.54. The molecule has 0 aliphatic carbocycles. The van der Waals surface area contributed by atoms with Gasteiger partial charge in [-0.15, -0.1) is 10.2 Å². The fourth-order valence-electron chi connectivity index (χ4n) is 2.37. The quantitative estimate of drug-likeness (QED) is 0.924. The van der Waals surface area contributed by atoms with E-state index in [0.717, 1.165) is 29.7 Å². The molecule has 1 N–H and O–H groups in total. The van der Waals surface area contributed by atoms with Gasteiger partial charge in [0.15, 0.2) is 0 Å². The maximum atomic E-state index is 10.5. The zero-order valence-electron chi connectivity index (χ0n) is 11.2. The lowest BCUT2D eigenvalue weighted by Gasteiger charge is -2.22. The smallest absolute Gasteiger partial charge is 0.233 e. The molecule has 1 aliphatic heterocycles. The SMILES string of the molecule is COc1ccc(C(O)c2cccc3c2OCCC3)nn1. The topological polar surface area (TPSA) is 64.5 Å². The standard InChI is InChI=1S/C15H16N2O3/c1-19-13-8-7-12(16-17-13)14(18)11-6-2-4-10-5-3-9-20-15(10)11/h2,4,6-8,14,18H,3,5,9H2,1H3. The van der Waals surface area contributed by atoms with E-state index < -0.39 is 6.10 Å². The molecule has 104 valence electrons. The molecule has 1 unspecified atom stereocenters. The number of methoxy groups -OCH3 is 1. The summed E-state index contributed by atoms with van der Waals surface area (Å²) in [6, 6.07) is 9.22. The van der Waals surface area contributed by atoms with Gasteiger partial charge in [-0.2, -0.15) is 0 Å². The third kappa shape index (κ3) is 2.32. The Labute approximate surface area is 117 Å². The number of nitrogens with zero attached hydrogens (tertiary/aromatic N) is 2. The van der Waals surface area contributed by atoms with E-state index in [1.54, 1.807) is 12.1 Å². The van der Waals surface area contributed by atoms with Crippen LogP contribution in [0.5, 0.6) is 11.6 Å². The number of hydrogen-bond acceptors (Lipinski definition) is 5. The van der Waals surface area contributed by atoms with Crippen LogP contribution in [0.25, 0.3) is 0 Å². The second-order valence-corrected chi connectivity index (χ2v) is 4.69. The summed E-state index contributed by atoms with van der Waals surface area (Å²) in [5, 5.41) is 18.4. The van der Waals surface area contributed by atoms with Gasteiger partial charge in [-0.3, -0.25) is 0 Å². The fraction of sp³-hybridized carbons (Fsp3) is 0.333. The molecule has 2 aromatic rings. The van der Waals surface area contributed by atoms with Gasteiger partial charge < -0.3 is 14.6 Å². The summed E-state index contributed by atoms with van der Waals surface area (Å²) in [6.07, 6.45) is 1.14. The molecule has 0 radical (unpaired) electrons. The van der Waals surface area contributed by atoms with Gasteiger partial charge in [0.25, 0.3) is 0 Å². The first-order chi connectivity index (χ1) is 9.79. The number of aromatic nitrogens is 2. The number of fused-ring (bicyclic) bond motifs is 1. The second kappa shape index (κ2) is 5.46. The Morgan fingerprint density at radius 2 is 2.15 bits per heavy atom. The number of para-hydroxylation sites is 1. The molecule has 0 amide bonds. The van der Waals surface area contributed by atoms with Crippen LogP contribution in [0.4, 0.5) is 0 Å². The normalized spacial score (nSPS) is 15.1. The van der Waals surface area contributed by atoms with Crippen molar-refractivity contribution in [2.75, 3.05) is 13.7 Å². The van der Waals surface area contributed by atoms with E-state index in [9.17, 15) is 5.11 Å². The molecule has 2 heterocycles. The van der Waals surface area contributed by atoms with Crippen LogP contribution in [0.15, 0.2) is 30.3 Å². The minimum absolute atomic E-state index is 0.423. The molecule has 0 spiro atoms. The zero-order chi connectivity index (χ0) is 13.9. The highest BCUT2D eigenvalue weighted by atomic mass is 16.5. The molecule has 20 heavy (non-hydrogen) atoms. The van der Waals surface area contributed by atoms with Crippen molar-refractivity contribution in [3.05, 3.63) is 47.2 Å². The largest absolute Gasteiger partial charge is 0.493 e. The third-order valence-corrected chi connectivity index (χ3v) is 3.41. The first kappa shape index (κ1) is 12.9. The number of benzene rings is 1. The molecule has 0 fully saturated rings. The fourth-order valence-corrected chi connectivity index (χ4v) is 2.37. The van der Waals surface area contributed by atoms with Crippen molar-refractivity contribution in [3.8, 4) is 11.6 Å². The lowest BCUT2D eigenvalue weighted by molar-refractivity contribution is 0.201. The van der Waals surface area contributed by atoms with Crippen molar-refractivity contribution >= 4 is 0 Å². The molecule has 1 aromatic carbocycles. The Balaban J connectivity index is 1.95. The molecular formula is C15H16N2O3. The molecule has 5 heteroatoms. The summed E-state index contributed by atoms with van der Waals surface area (Å²) in [4.78, 5) is 0. The monoisotopic (exact) mass is 272 g/mol. The van der Waals surface area contributed by atoms with Crippen LogP contribution in [0.1, 0.15) is 29.3 Å². The highest BCUT2D eigenvalue weighted by molar-refractivity contribution is 5.46. The molecule has 0 saturated heterocycles. The van der Waals surface area contributed by atoms with Gasteiger partial charge >= 0.3 is 0 Å². The van der Waals surface area contributed by atoms with Crippen molar-refractivity contribution in [3.63, 3.8) is 0 Å². The van der Waals surface area contributed by atoms with Crippen molar-refractivity contribution in [1.82, 2.24) is 10.2 Å². The van der Waals surface area contributed by atoms with Gasteiger partial charge in [-0.1, -0.05) is 18.2 Å². The summed E-state index contributed by atoms with van der Waals surface area (Å²) in [5.74, 6) is 1.20. The van der Waals surface area contributed by atoms with E-state index in [2.05, 4.69) is 10.2 Å². The van der Waals surface area contributed by atoms with E-state index in [1.807, 2.05) is 18.2 Å². The predicted octanol–water partition coefficient (Wildman–Crippen LogP) is 1.89. The molecule has 1 aliphatic rings. The van der Waals surface area contributed by atoms with Gasteiger partial charge in [0, 0.05) is 11.6 Å². The van der Waals surface area contributed by atoms with Crippen LogP contribution in [0, 0.1) is 0 Å². The highest BCUT2D eigenvalue weighted by Crippen LogP contribution is 2.35. The minimum Gasteiger partial charge on any atom is -0.493 e. The van der Waals surface area contributed by atoms with Crippen LogP contribution < -0.4 is 9.47 Å². The van der Waals surface area contributed by atoms with Gasteiger partial charge in [0.2, 0.25) is 5.88 Å². The van der Waals surface area contributed by atoms with E-state index >= 15 is 0 Å². The van der Waals surface area contributed by atoms with Crippen molar-refractivity contribution < 1.29 is 14.6 Å². The number of hydrogen-bond donors (Lipinski definition) is 1. The minimum atomic E-state index is -0.846. The maximum Gasteiger partial charge on any atom is 0.233 e. The average molecular weight is 272 g/mol. The molecule has 0 saturated carbocycles. The van der Waals surface area contributed by atoms with Crippen molar-refractivity contribution in [1.29, 1.82) is 0 Å². The molecule has 1 aromatic heterocycles. The van der Waals surface area contributed by atoms with Gasteiger partial charge in [0.1, 0.15) is 11.9 Å². The highest BCUT2D eigenvalue weighted by Gasteiger charge is 2.21. The summed E-state index contributed by atoms with van der Waals surface area (Å²) in [7, 11) is 1.53. The molecule has 0 bridgehead atoms. The Morgan fingerprint density at radius 1 is 1.25 bits per heavy atom. The first-order valence-electron chi connectivity index (χ1n) is 6.60. The summed E-state index contributed by atoms with van der Waals surface area (Å²) >= 11 is 0. The predicted molar refractivity (Wildman–Crippen MR) is 72.9 cm³/mol. The molecular weight excluding hydrogens is 256 g/mol.